The molecule has 1 heterocycles. The molecule has 0 amide bonds. The lowest BCUT2D eigenvalue weighted by atomic mass is 9.70. The Hall–Kier alpha value is -2.66. The Morgan fingerprint density at radius 3 is 2.18 bits per heavy atom. The molecule has 1 N–H and O–H groups in total. The fourth-order valence-electron chi connectivity index (χ4n) is 4.82. The summed E-state index contributed by atoms with van der Waals surface area (Å²) in [6.45, 7) is 15.1. The molecule has 0 radical (unpaired) electrons. The SMILES string of the molecule is C=CC1(c2ccc(C(=O)CC(C=C)(c3cc(C)c(F)c(C)c3)C(C)(F)F)cc2CC)CNC1. The largest absolute Gasteiger partial charge is 0.314 e. The third-order valence-electron chi connectivity index (χ3n) is 7.14. The zero-order chi connectivity index (χ0) is 24.6. The summed E-state index contributed by atoms with van der Waals surface area (Å²) in [5, 5.41) is 3.27. The number of Topliss-reactive ketones (excluding diaryl/α,β-unsaturated/α-hetero) is 1. The Morgan fingerprint density at radius 1 is 1.15 bits per heavy atom. The maximum Gasteiger partial charge on any atom is 0.258 e. The summed E-state index contributed by atoms with van der Waals surface area (Å²) in [4.78, 5) is 13.4. The molecular weight excluding hydrogens is 423 g/mol. The number of nitrogens with one attached hydrogen (secondary N) is 1. The van der Waals surface area contributed by atoms with Crippen LogP contribution in [0.2, 0.25) is 0 Å². The number of hydrogen-bond acceptors (Lipinski definition) is 2. The maximum absolute atomic E-state index is 15.1. The van der Waals surface area contributed by atoms with Gasteiger partial charge >= 0.3 is 0 Å². The van der Waals surface area contributed by atoms with Crippen LogP contribution in [0.4, 0.5) is 13.2 Å². The van der Waals surface area contributed by atoms with Crippen molar-refractivity contribution in [3.63, 3.8) is 0 Å². The third-order valence-corrected chi connectivity index (χ3v) is 7.14. The number of carbonyl (C=O) groups excluding carboxylic acids is 1. The lowest BCUT2D eigenvalue weighted by Gasteiger charge is -2.42. The Labute approximate surface area is 194 Å². The van der Waals surface area contributed by atoms with Crippen molar-refractivity contribution < 1.29 is 18.0 Å². The molecule has 1 fully saturated rings. The fraction of sp³-hybridized carbons (Fsp3) is 0.393. The lowest BCUT2D eigenvalue weighted by molar-refractivity contribution is -0.0421. The van der Waals surface area contributed by atoms with Gasteiger partial charge < -0.3 is 5.32 Å². The van der Waals surface area contributed by atoms with E-state index in [1.165, 1.54) is 26.0 Å². The number of benzene rings is 2. The van der Waals surface area contributed by atoms with E-state index in [0.29, 0.717) is 12.0 Å². The van der Waals surface area contributed by atoms with E-state index in [1.54, 1.807) is 6.07 Å². The van der Waals surface area contributed by atoms with Crippen molar-refractivity contribution in [3.05, 3.63) is 94.8 Å². The predicted molar refractivity (Wildman–Crippen MR) is 128 cm³/mol. The standard InChI is InChI=1S/C28H32F3NO/c1-7-20-14-21(10-11-23(20)27(8-2)16-32-17-27)24(33)15-28(9-3,26(6,30)31)22-12-18(4)25(29)19(5)13-22/h8-14,32H,2-3,7,15-17H2,1,4-6H3. The first-order chi connectivity index (χ1) is 15.4. The molecular formula is C28H32F3NO. The van der Waals surface area contributed by atoms with Gasteiger partial charge in [0.1, 0.15) is 5.82 Å². The van der Waals surface area contributed by atoms with Crippen LogP contribution in [0, 0.1) is 19.7 Å². The van der Waals surface area contributed by atoms with Gasteiger partial charge in [-0.25, -0.2) is 13.2 Å². The van der Waals surface area contributed by atoms with E-state index in [4.69, 9.17) is 0 Å². The summed E-state index contributed by atoms with van der Waals surface area (Å²) >= 11 is 0. The molecule has 3 rings (SSSR count). The molecule has 1 saturated heterocycles. The molecule has 1 unspecified atom stereocenters. The predicted octanol–water partition coefficient (Wildman–Crippen LogP) is 6.38. The number of allylic oxidation sites excluding steroid dienone is 1. The van der Waals surface area contributed by atoms with Crippen LogP contribution >= 0.6 is 0 Å². The maximum atomic E-state index is 15.1. The van der Waals surface area contributed by atoms with E-state index in [2.05, 4.69) is 18.5 Å². The van der Waals surface area contributed by atoms with Crippen molar-refractivity contribution in [3.8, 4) is 0 Å². The van der Waals surface area contributed by atoms with Gasteiger partial charge in [0.25, 0.3) is 5.92 Å². The molecule has 5 heteroatoms. The number of carbonyl (C=O) groups is 1. The van der Waals surface area contributed by atoms with Crippen molar-refractivity contribution in [2.75, 3.05) is 13.1 Å². The first kappa shape index (κ1) is 25.0. The number of ketones is 1. The lowest BCUT2D eigenvalue weighted by Crippen LogP contribution is -2.55. The van der Waals surface area contributed by atoms with Crippen LogP contribution in [-0.2, 0) is 17.3 Å². The number of aryl methyl sites for hydroxylation is 3. The van der Waals surface area contributed by atoms with Gasteiger partial charge in [-0.3, -0.25) is 4.79 Å². The van der Waals surface area contributed by atoms with Crippen molar-refractivity contribution in [2.45, 2.75) is 57.3 Å². The summed E-state index contributed by atoms with van der Waals surface area (Å²) in [5.74, 6) is -4.14. The van der Waals surface area contributed by atoms with Crippen LogP contribution in [0.25, 0.3) is 0 Å². The molecule has 1 atom stereocenters. The normalized spacial score (nSPS) is 17.1. The van der Waals surface area contributed by atoms with E-state index in [-0.39, 0.29) is 22.1 Å². The second-order valence-electron chi connectivity index (χ2n) is 9.28. The van der Waals surface area contributed by atoms with Crippen LogP contribution in [0.3, 0.4) is 0 Å². The summed E-state index contributed by atoms with van der Waals surface area (Å²) in [5.41, 5.74) is 1.07. The highest BCUT2D eigenvalue weighted by Gasteiger charge is 2.50. The van der Waals surface area contributed by atoms with Gasteiger partial charge in [-0.05, 0) is 54.2 Å². The van der Waals surface area contributed by atoms with Crippen molar-refractivity contribution in [2.24, 2.45) is 0 Å². The molecule has 33 heavy (non-hydrogen) atoms. The smallest absolute Gasteiger partial charge is 0.258 e. The van der Waals surface area contributed by atoms with E-state index < -0.39 is 29.4 Å². The molecule has 2 aromatic carbocycles. The number of halogens is 3. The van der Waals surface area contributed by atoms with Gasteiger partial charge in [-0.15, -0.1) is 13.2 Å². The van der Waals surface area contributed by atoms with Crippen LogP contribution in [0.1, 0.15) is 58.4 Å². The summed E-state index contributed by atoms with van der Waals surface area (Å²) in [6.07, 6.45) is 3.30. The summed E-state index contributed by atoms with van der Waals surface area (Å²) < 4.78 is 44.4. The highest BCUT2D eigenvalue weighted by molar-refractivity contribution is 5.97. The van der Waals surface area contributed by atoms with Crippen LogP contribution in [0.5, 0.6) is 0 Å². The molecule has 2 aromatic rings. The molecule has 0 spiro atoms. The zero-order valence-electron chi connectivity index (χ0n) is 19.8. The fourth-order valence-corrected chi connectivity index (χ4v) is 4.82. The Bertz CT molecular complexity index is 1070. The van der Waals surface area contributed by atoms with Gasteiger partial charge in [0, 0.05) is 37.4 Å². The number of hydrogen-bond donors (Lipinski definition) is 1. The highest BCUT2D eigenvalue weighted by Crippen LogP contribution is 2.45. The van der Waals surface area contributed by atoms with Gasteiger partial charge in [-0.2, -0.15) is 0 Å². The molecule has 0 aliphatic carbocycles. The van der Waals surface area contributed by atoms with E-state index >= 15 is 8.78 Å². The Balaban J connectivity index is 2.05. The van der Waals surface area contributed by atoms with Crippen LogP contribution in [-0.4, -0.2) is 24.8 Å². The van der Waals surface area contributed by atoms with Crippen LogP contribution < -0.4 is 5.32 Å². The molecule has 0 aromatic heterocycles. The molecule has 176 valence electrons. The molecule has 1 aliphatic rings. The Kier molecular flexibility index (Phi) is 6.77. The van der Waals surface area contributed by atoms with E-state index in [1.807, 2.05) is 25.1 Å². The average Bonchev–Trinajstić information content (AvgIpc) is 2.74. The van der Waals surface area contributed by atoms with E-state index in [9.17, 15) is 9.18 Å². The van der Waals surface area contributed by atoms with Crippen molar-refractivity contribution in [1.82, 2.24) is 5.32 Å². The van der Waals surface area contributed by atoms with Gasteiger partial charge in [0.05, 0.1) is 5.41 Å². The zero-order valence-corrected chi connectivity index (χ0v) is 19.8. The van der Waals surface area contributed by atoms with Crippen molar-refractivity contribution >= 4 is 5.78 Å². The summed E-state index contributed by atoms with van der Waals surface area (Å²) in [7, 11) is 0. The monoisotopic (exact) mass is 455 g/mol. The molecule has 2 nitrogen and oxygen atoms in total. The van der Waals surface area contributed by atoms with Gasteiger partial charge in [-0.1, -0.05) is 43.3 Å². The molecule has 0 bridgehead atoms. The summed E-state index contributed by atoms with van der Waals surface area (Å²) in [6, 6.07) is 8.23. The quantitative estimate of drug-likeness (QED) is 0.351. The number of alkyl halides is 2. The first-order valence-corrected chi connectivity index (χ1v) is 11.2. The minimum absolute atomic E-state index is 0.169. The Morgan fingerprint density at radius 2 is 1.76 bits per heavy atom. The second-order valence-corrected chi connectivity index (χ2v) is 9.28. The molecule has 0 saturated carbocycles. The topological polar surface area (TPSA) is 29.1 Å². The minimum atomic E-state index is -3.29. The minimum Gasteiger partial charge on any atom is -0.314 e. The second kappa shape index (κ2) is 8.94. The first-order valence-electron chi connectivity index (χ1n) is 11.2. The third kappa shape index (κ3) is 4.19. The van der Waals surface area contributed by atoms with E-state index in [0.717, 1.165) is 37.2 Å². The van der Waals surface area contributed by atoms with Gasteiger partial charge in [0.2, 0.25) is 0 Å². The number of rotatable bonds is 9. The van der Waals surface area contributed by atoms with Crippen LogP contribution in [0.15, 0.2) is 55.6 Å². The van der Waals surface area contributed by atoms with Crippen molar-refractivity contribution in [1.29, 1.82) is 0 Å². The average molecular weight is 456 g/mol. The molecule has 1 aliphatic heterocycles. The van der Waals surface area contributed by atoms with Gasteiger partial charge in [0.15, 0.2) is 5.78 Å². The highest BCUT2D eigenvalue weighted by atomic mass is 19.3.